The first kappa shape index (κ1) is 14.3. The molecule has 1 aromatic carbocycles. The summed E-state index contributed by atoms with van der Waals surface area (Å²) in [5.74, 6) is 0.799. The van der Waals surface area contributed by atoms with Gasteiger partial charge in [0.05, 0.1) is 19.0 Å². The molecule has 1 amide bonds. The van der Waals surface area contributed by atoms with Gasteiger partial charge in [-0.15, -0.1) is 0 Å². The van der Waals surface area contributed by atoms with Crippen molar-refractivity contribution in [1.29, 1.82) is 0 Å². The van der Waals surface area contributed by atoms with Crippen molar-refractivity contribution < 1.29 is 9.53 Å². The molecule has 0 aliphatic carbocycles. The van der Waals surface area contributed by atoms with Gasteiger partial charge in [0.15, 0.2) is 11.5 Å². The van der Waals surface area contributed by atoms with Crippen LogP contribution in [0.15, 0.2) is 30.5 Å². The van der Waals surface area contributed by atoms with Crippen LogP contribution >= 0.6 is 0 Å². The van der Waals surface area contributed by atoms with Crippen LogP contribution in [0.2, 0.25) is 0 Å². The lowest BCUT2D eigenvalue weighted by Gasteiger charge is -2.15. The standard InChI is InChI=1S/C16H18N4O2/c1-22-12-6-4-11(5-7-12)13-10-18-15(17)14(19-13)16(21)20-8-2-3-9-20/h4-7,10H,2-3,8-9H2,1H3,(H2,17,18). The maximum Gasteiger partial charge on any atom is 0.276 e. The number of nitrogen functional groups attached to an aromatic ring is 1. The summed E-state index contributed by atoms with van der Waals surface area (Å²) in [6, 6.07) is 7.44. The minimum Gasteiger partial charge on any atom is -0.497 e. The topological polar surface area (TPSA) is 81.3 Å². The third-order valence-corrected chi connectivity index (χ3v) is 3.78. The zero-order chi connectivity index (χ0) is 15.5. The zero-order valence-electron chi connectivity index (χ0n) is 12.5. The maximum atomic E-state index is 12.5. The fourth-order valence-electron chi connectivity index (χ4n) is 2.53. The number of anilines is 1. The summed E-state index contributed by atoms with van der Waals surface area (Å²) in [6.45, 7) is 1.51. The number of ether oxygens (including phenoxy) is 1. The molecule has 0 bridgehead atoms. The molecule has 3 rings (SSSR count). The minimum atomic E-state index is -0.141. The van der Waals surface area contributed by atoms with E-state index in [1.807, 2.05) is 24.3 Å². The molecule has 1 aliphatic rings. The number of carbonyl (C=O) groups is 1. The molecule has 2 N–H and O–H groups in total. The molecule has 0 unspecified atom stereocenters. The summed E-state index contributed by atoms with van der Waals surface area (Å²) in [5, 5.41) is 0. The smallest absolute Gasteiger partial charge is 0.276 e. The van der Waals surface area contributed by atoms with Crippen molar-refractivity contribution in [2.45, 2.75) is 12.8 Å². The summed E-state index contributed by atoms with van der Waals surface area (Å²) in [4.78, 5) is 22.8. The van der Waals surface area contributed by atoms with E-state index in [1.54, 1.807) is 18.2 Å². The first-order valence-corrected chi connectivity index (χ1v) is 7.25. The van der Waals surface area contributed by atoms with Crippen LogP contribution in [0.1, 0.15) is 23.3 Å². The molecule has 0 radical (unpaired) electrons. The molecule has 22 heavy (non-hydrogen) atoms. The predicted molar refractivity (Wildman–Crippen MR) is 83.6 cm³/mol. The fraction of sp³-hybridized carbons (Fsp3) is 0.312. The normalized spacial score (nSPS) is 14.1. The van der Waals surface area contributed by atoms with Crippen LogP contribution in [0.4, 0.5) is 5.82 Å². The van der Waals surface area contributed by atoms with Crippen LogP contribution in [-0.4, -0.2) is 41.0 Å². The van der Waals surface area contributed by atoms with E-state index >= 15 is 0 Å². The fourth-order valence-corrected chi connectivity index (χ4v) is 2.53. The first-order chi connectivity index (χ1) is 10.7. The number of aromatic nitrogens is 2. The van der Waals surface area contributed by atoms with E-state index in [2.05, 4.69) is 9.97 Å². The van der Waals surface area contributed by atoms with Crippen LogP contribution in [0.3, 0.4) is 0 Å². The van der Waals surface area contributed by atoms with E-state index < -0.39 is 0 Å². The number of methoxy groups -OCH3 is 1. The number of nitrogens with zero attached hydrogens (tertiary/aromatic N) is 3. The molecule has 2 heterocycles. The molecule has 6 nitrogen and oxygen atoms in total. The Morgan fingerprint density at radius 1 is 1.23 bits per heavy atom. The van der Waals surface area contributed by atoms with Gasteiger partial charge in [0, 0.05) is 18.7 Å². The number of likely N-dealkylation sites (tertiary alicyclic amines) is 1. The van der Waals surface area contributed by atoms with Crippen LogP contribution in [0, 0.1) is 0 Å². The Morgan fingerprint density at radius 2 is 1.91 bits per heavy atom. The Bertz CT molecular complexity index is 679. The Kier molecular flexibility index (Phi) is 3.91. The molecular formula is C16H18N4O2. The molecule has 1 aromatic heterocycles. The highest BCUT2D eigenvalue weighted by atomic mass is 16.5. The van der Waals surface area contributed by atoms with Gasteiger partial charge in [-0.2, -0.15) is 0 Å². The Balaban J connectivity index is 1.92. The number of hydrogen-bond donors (Lipinski definition) is 1. The van der Waals surface area contributed by atoms with Crippen molar-refractivity contribution in [1.82, 2.24) is 14.9 Å². The Morgan fingerprint density at radius 3 is 2.55 bits per heavy atom. The second-order valence-corrected chi connectivity index (χ2v) is 5.22. The zero-order valence-corrected chi connectivity index (χ0v) is 12.5. The third-order valence-electron chi connectivity index (χ3n) is 3.78. The van der Waals surface area contributed by atoms with Crippen molar-refractivity contribution in [3.8, 4) is 17.0 Å². The lowest BCUT2D eigenvalue weighted by Crippen LogP contribution is -2.29. The molecule has 0 spiro atoms. The highest BCUT2D eigenvalue weighted by Crippen LogP contribution is 2.22. The number of rotatable bonds is 3. The van der Waals surface area contributed by atoms with Gasteiger partial charge in [-0.25, -0.2) is 9.97 Å². The lowest BCUT2D eigenvalue weighted by molar-refractivity contribution is 0.0788. The SMILES string of the molecule is COc1ccc(-c2cnc(N)c(C(=O)N3CCCC3)n2)cc1. The molecule has 0 atom stereocenters. The van der Waals surface area contributed by atoms with E-state index in [-0.39, 0.29) is 17.4 Å². The Labute approximate surface area is 128 Å². The number of amides is 1. The maximum absolute atomic E-state index is 12.5. The van der Waals surface area contributed by atoms with Crippen LogP contribution in [0.5, 0.6) is 5.75 Å². The van der Waals surface area contributed by atoms with Gasteiger partial charge in [0.1, 0.15) is 5.75 Å². The molecule has 1 aliphatic heterocycles. The lowest BCUT2D eigenvalue weighted by atomic mass is 10.1. The number of benzene rings is 1. The van der Waals surface area contributed by atoms with Gasteiger partial charge in [-0.1, -0.05) is 0 Å². The Hall–Kier alpha value is -2.63. The summed E-state index contributed by atoms with van der Waals surface area (Å²) in [7, 11) is 1.62. The van der Waals surface area contributed by atoms with Gasteiger partial charge in [-0.3, -0.25) is 4.79 Å². The monoisotopic (exact) mass is 298 g/mol. The first-order valence-electron chi connectivity index (χ1n) is 7.25. The van der Waals surface area contributed by atoms with Crippen molar-refractivity contribution >= 4 is 11.7 Å². The molecule has 1 fully saturated rings. The third kappa shape index (κ3) is 2.72. The highest BCUT2D eigenvalue weighted by molar-refractivity contribution is 5.97. The van der Waals surface area contributed by atoms with Crippen molar-refractivity contribution in [2.75, 3.05) is 25.9 Å². The minimum absolute atomic E-state index is 0.141. The summed E-state index contributed by atoms with van der Waals surface area (Å²) in [5.41, 5.74) is 7.56. The van der Waals surface area contributed by atoms with Crippen molar-refractivity contribution in [2.24, 2.45) is 0 Å². The van der Waals surface area contributed by atoms with Gasteiger partial charge in [0.25, 0.3) is 5.91 Å². The molecular weight excluding hydrogens is 280 g/mol. The van der Waals surface area contributed by atoms with Gasteiger partial charge in [-0.05, 0) is 37.1 Å². The van der Waals surface area contributed by atoms with Crippen molar-refractivity contribution in [3.05, 3.63) is 36.2 Å². The van der Waals surface area contributed by atoms with Gasteiger partial charge >= 0.3 is 0 Å². The second-order valence-electron chi connectivity index (χ2n) is 5.22. The molecule has 2 aromatic rings. The summed E-state index contributed by atoms with van der Waals surface area (Å²) >= 11 is 0. The van der Waals surface area contributed by atoms with E-state index in [0.717, 1.165) is 37.2 Å². The van der Waals surface area contributed by atoms with Crippen LogP contribution in [0.25, 0.3) is 11.3 Å². The number of carbonyl (C=O) groups excluding carboxylic acids is 1. The van der Waals surface area contributed by atoms with Gasteiger partial charge in [0.2, 0.25) is 0 Å². The molecule has 6 heteroatoms. The average molecular weight is 298 g/mol. The molecule has 1 saturated heterocycles. The van der Waals surface area contributed by atoms with E-state index in [4.69, 9.17) is 10.5 Å². The average Bonchev–Trinajstić information content (AvgIpc) is 3.09. The van der Waals surface area contributed by atoms with E-state index in [1.165, 1.54) is 0 Å². The van der Waals surface area contributed by atoms with Crippen LogP contribution < -0.4 is 10.5 Å². The predicted octanol–water partition coefficient (Wildman–Crippen LogP) is 1.97. The highest BCUT2D eigenvalue weighted by Gasteiger charge is 2.23. The molecule has 0 saturated carbocycles. The second kappa shape index (κ2) is 6.01. The quantitative estimate of drug-likeness (QED) is 0.937. The van der Waals surface area contributed by atoms with E-state index in [9.17, 15) is 4.79 Å². The van der Waals surface area contributed by atoms with Crippen molar-refractivity contribution in [3.63, 3.8) is 0 Å². The van der Waals surface area contributed by atoms with Crippen LogP contribution in [-0.2, 0) is 0 Å². The number of nitrogens with two attached hydrogens (primary N) is 1. The molecule has 114 valence electrons. The summed E-state index contributed by atoms with van der Waals surface area (Å²) in [6.07, 6.45) is 3.63. The van der Waals surface area contributed by atoms with E-state index in [0.29, 0.717) is 5.69 Å². The summed E-state index contributed by atoms with van der Waals surface area (Å²) < 4.78 is 5.14. The number of hydrogen-bond acceptors (Lipinski definition) is 5. The largest absolute Gasteiger partial charge is 0.497 e. The van der Waals surface area contributed by atoms with Gasteiger partial charge < -0.3 is 15.4 Å².